The van der Waals surface area contributed by atoms with Crippen molar-refractivity contribution in [2.24, 2.45) is 27.5 Å². The van der Waals surface area contributed by atoms with Crippen LogP contribution in [0.25, 0.3) is 0 Å². The SMILES string of the molecule is CC1(C)[C@]2(C)N=N[C@@]1(c1ccccc1)[C@@H]1CC[C@@H]12. The maximum Gasteiger partial charge on any atom is 0.117 e. The molecule has 2 nitrogen and oxygen atoms in total. The predicted molar refractivity (Wildman–Crippen MR) is 71.4 cm³/mol. The van der Waals surface area contributed by atoms with Gasteiger partial charge in [0.1, 0.15) is 5.54 Å². The molecule has 0 spiro atoms. The van der Waals surface area contributed by atoms with E-state index < -0.39 is 0 Å². The van der Waals surface area contributed by atoms with Crippen molar-refractivity contribution in [2.45, 2.75) is 44.7 Å². The van der Waals surface area contributed by atoms with Crippen LogP contribution in [-0.4, -0.2) is 5.54 Å². The molecule has 2 heteroatoms. The van der Waals surface area contributed by atoms with Crippen molar-refractivity contribution in [3.63, 3.8) is 0 Å². The van der Waals surface area contributed by atoms with Gasteiger partial charge in [0.25, 0.3) is 0 Å². The van der Waals surface area contributed by atoms with Crippen molar-refractivity contribution >= 4 is 0 Å². The molecule has 0 amide bonds. The minimum absolute atomic E-state index is 0.0474. The summed E-state index contributed by atoms with van der Waals surface area (Å²) >= 11 is 0. The minimum atomic E-state index is -0.0636. The first-order chi connectivity index (χ1) is 8.54. The van der Waals surface area contributed by atoms with Gasteiger partial charge in [-0.2, -0.15) is 10.2 Å². The van der Waals surface area contributed by atoms with Crippen molar-refractivity contribution in [3.05, 3.63) is 35.9 Å². The van der Waals surface area contributed by atoms with E-state index in [0.29, 0.717) is 5.92 Å². The lowest BCUT2D eigenvalue weighted by molar-refractivity contribution is 0.0904. The third-order valence-electron chi connectivity index (χ3n) is 6.38. The Hall–Kier alpha value is -1.18. The molecule has 0 saturated heterocycles. The molecule has 1 aromatic rings. The lowest BCUT2D eigenvalue weighted by Crippen LogP contribution is -2.43. The summed E-state index contributed by atoms with van der Waals surface area (Å²) in [6, 6.07) is 10.8. The molecule has 0 radical (unpaired) electrons. The van der Waals surface area contributed by atoms with Crippen LogP contribution in [0.4, 0.5) is 0 Å². The van der Waals surface area contributed by atoms with Crippen molar-refractivity contribution in [1.82, 2.24) is 0 Å². The molecule has 2 fully saturated rings. The van der Waals surface area contributed by atoms with Gasteiger partial charge >= 0.3 is 0 Å². The molecule has 0 unspecified atom stereocenters. The summed E-state index contributed by atoms with van der Waals surface area (Å²) < 4.78 is 0. The first-order valence-corrected chi connectivity index (χ1v) is 7.04. The predicted octanol–water partition coefficient (Wildman–Crippen LogP) is 4.17. The fraction of sp³-hybridized carbons (Fsp3) is 0.625. The number of rotatable bonds is 1. The third kappa shape index (κ3) is 0.818. The van der Waals surface area contributed by atoms with Crippen molar-refractivity contribution < 1.29 is 0 Å². The van der Waals surface area contributed by atoms with E-state index in [4.69, 9.17) is 10.2 Å². The van der Waals surface area contributed by atoms with Crippen LogP contribution in [0.2, 0.25) is 0 Å². The van der Waals surface area contributed by atoms with E-state index in [2.05, 4.69) is 51.1 Å². The average molecular weight is 240 g/mol. The van der Waals surface area contributed by atoms with E-state index in [-0.39, 0.29) is 16.5 Å². The minimum Gasteiger partial charge on any atom is -0.186 e. The summed E-state index contributed by atoms with van der Waals surface area (Å²) in [7, 11) is 0. The molecular formula is C16H20N2. The lowest BCUT2D eigenvalue weighted by atomic mass is 9.63. The summed E-state index contributed by atoms with van der Waals surface area (Å²) in [5, 5.41) is 9.58. The van der Waals surface area contributed by atoms with Gasteiger partial charge in [0.15, 0.2) is 0 Å². The molecule has 94 valence electrons. The maximum absolute atomic E-state index is 4.84. The average Bonchev–Trinajstić information content (AvgIpc) is 2.55. The van der Waals surface area contributed by atoms with Crippen LogP contribution < -0.4 is 0 Å². The highest BCUT2D eigenvalue weighted by molar-refractivity contribution is 5.40. The summed E-state index contributed by atoms with van der Waals surface area (Å²) in [4.78, 5) is 0. The Bertz CT molecular complexity index is 533. The fourth-order valence-electron chi connectivity index (χ4n) is 4.89. The van der Waals surface area contributed by atoms with Crippen LogP contribution >= 0.6 is 0 Å². The standard InChI is InChI=1S/C16H20N2/c1-14(2)15(3)12-9-10-13(12)16(14,18-17-15)11-7-5-4-6-8-11/h4-8,12-13H,9-10H2,1-3H3/t12-,13+,15+,16-/m0/s1. The first kappa shape index (κ1) is 10.7. The molecule has 1 aromatic carbocycles. The van der Waals surface area contributed by atoms with Crippen LogP contribution in [0.15, 0.2) is 40.6 Å². The largest absolute Gasteiger partial charge is 0.186 e. The van der Waals surface area contributed by atoms with E-state index in [0.717, 1.165) is 5.92 Å². The van der Waals surface area contributed by atoms with E-state index in [1.165, 1.54) is 18.4 Å². The summed E-state index contributed by atoms with van der Waals surface area (Å²) in [5.74, 6) is 1.45. The molecule has 4 atom stereocenters. The fourth-order valence-corrected chi connectivity index (χ4v) is 4.89. The molecular weight excluding hydrogens is 220 g/mol. The molecule has 0 N–H and O–H groups in total. The van der Waals surface area contributed by atoms with Crippen molar-refractivity contribution in [1.29, 1.82) is 0 Å². The molecule has 2 saturated carbocycles. The summed E-state index contributed by atoms with van der Waals surface area (Å²) in [5.41, 5.74) is 1.49. The Labute approximate surface area is 109 Å². The molecule has 1 aliphatic heterocycles. The Balaban J connectivity index is 1.98. The molecule has 2 bridgehead atoms. The van der Waals surface area contributed by atoms with E-state index >= 15 is 0 Å². The van der Waals surface area contributed by atoms with Gasteiger partial charge in [-0.05, 0) is 37.2 Å². The Morgan fingerprint density at radius 3 is 2.17 bits per heavy atom. The van der Waals surface area contributed by atoms with Gasteiger partial charge in [-0.1, -0.05) is 44.2 Å². The normalized spacial score (nSPS) is 46.8. The smallest absolute Gasteiger partial charge is 0.117 e. The van der Waals surface area contributed by atoms with Gasteiger partial charge in [-0.25, -0.2) is 0 Å². The van der Waals surface area contributed by atoms with Crippen LogP contribution in [0.5, 0.6) is 0 Å². The number of nitrogens with zero attached hydrogens (tertiary/aromatic N) is 2. The van der Waals surface area contributed by atoms with Gasteiger partial charge in [0, 0.05) is 5.41 Å². The highest BCUT2D eigenvalue weighted by atomic mass is 15.3. The Morgan fingerprint density at radius 2 is 1.61 bits per heavy atom. The zero-order valence-electron chi connectivity index (χ0n) is 11.4. The quantitative estimate of drug-likeness (QED) is 0.703. The van der Waals surface area contributed by atoms with Gasteiger partial charge in [-0.15, -0.1) is 0 Å². The van der Waals surface area contributed by atoms with Crippen molar-refractivity contribution in [3.8, 4) is 0 Å². The summed E-state index contributed by atoms with van der Waals surface area (Å²) in [6.07, 6.45) is 2.65. The molecule has 1 heterocycles. The third-order valence-corrected chi connectivity index (χ3v) is 6.38. The second-order valence-corrected chi connectivity index (χ2v) is 6.90. The topological polar surface area (TPSA) is 24.7 Å². The zero-order valence-corrected chi connectivity index (χ0v) is 11.4. The first-order valence-electron chi connectivity index (χ1n) is 7.04. The second-order valence-electron chi connectivity index (χ2n) is 6.90. The maximum atomic E-state index is 4.84. The highest BCUT2D eigenvalue weighted by Gasteiger charge is 2.77. The summed E-state index contributed by atoms with van der Waals surface area (Å²) in [6.45, 7) is 7.07. The van der Waals surface area contributed by atoms with Gasteiger partial charge in [0.2, 0.25) is 0 Å². The molecule has 2 aliphatic carbocycles. The lowest BCUT2D eigenvalue weighted by Gasteiger charge is -2.44. The monoisotopic (exact) mass is 240 g/mol. The van der Waals surface area contributed by atoms with Gasteiger partial charge in [0.05, 0.1) is 5.54 Å². The van der Waals surface area contributed by atoms with Crippen molar-refractivity contribution in [2.75, 3.05) is 0 Å². The highest BCUT2D eigenvalue weighted by Crippen LogP contribution is 2.75. The number of azo groups is 1. The van der Waals surface area contributed by atoms with E-state index in [1.54, 1.807) is 0 Å². The Kier molecular flexibility index (Phi) is 1.71. The van der Waals surface area contributed by atoms with E-state index in [1.807, 2.05) is 0 Å². The molecule has 3 aliphatic rings. The van der Waals surface area contributed by atoms with Gasteiger partial charge < -0.3 is 0 Å². The Morgan fingerprint density at radius 1 is 0.944 bits per heavy atom. The zero-order chi connectivity index (χ0) is 12.6. The number of fused-ring (bicyclic) bond motifs is 5. The number of benzene rings is 1. The second kappa shape index (κ2) is 2.87. The van der Waals surface area contributed by atoms with Crippen LogP contribution in [0.1, 0.15) is 39.2 Å². The van der Waals surface area contributed by atoms with Gasteiger partial charge in [-0.3, -0.25) is 0 Å². The molecule has 4 rings (SSSR count). The molecule has 18 heavy (non-hydrogen) atoms. The van der Waals surface area contributed by atoms with Crippen LogP contribution in [0, 0.1) is 17.3 Å². The van der Waals surface area contributed by atoms with Crippen LogP contribution in [-0.2, 0) is 5.54 Å². The number of hydrogen-bond donors (Lipinski definition) is 0. The van der Waals surface area contributed by atoms with E-state index in [9.17, 15) is 0 Å². The van der Waals surface area contributed by atoms with Crippen LogP contribution in [0.3, 0.4) is 0 Å². The molecule has 0 aromatic heterocycles. The number of hydrogen-bond acceptors (Lipinski definition) is 2.